The predicted octanol–water partition coefficient (Wildman–Crippen LogP) is -1.43. The second-order valence-electron chi connectivity index (χ2n) is 5.17. The highest BCUT2D eigenvalue weighted by Gasteiger charge is 2.43. The molecule has 0 radical (unpaired) electrons. The number of ether oxygens (including phenoxy) is 3. The maximum atomic E-state index is 11.5. The molecule has 0 bridgehead atoms. The minimum absolute atomic E-state index is 0.148. The van der Waals surface area contributed by atoms with E-state index >= 15 is 0 Å². The Bertz CT molecular complexity index is 459. The van der Waals surface area contributed by atoms with Gasteiger partial charge in [0.2, 0.25) is 5.91 Å². The summed E-state index contributed by atoms with van der Waals surface area (Å²) in [6, 6.07) is 0. The van der Waals surface area contributed by atoms with Gasteiger partial charge in [0.05, 0.1) is 39.6 Å². The van der Waals surface area contributed by atoms with E-state index in [0.717, 1.165) is 0 Å². The molecule has 0 aromatic rings. The maximum absolute atomic E-state index is 11.5. The van der Waals surface area contributed by atoms with E-state index in [1.165, 1.54) is 0 Å². The zero-order chi connectivity index (χ0) is 20.1. The number of nitrogens with one attached hydrogen (secondary N) is 1. The molecular formula is C12H28N2O10P2. The Kier molecular flexibility index (Phi) is 13.5. The van der Waals surface area contributed by atoms with Gasteiger partial charge in [-0.15, -0.1) is 0 Å². The van der Waals surface area contributed by atoms with Crippen molar-refractivity contribution >= 4 is 21.1 Å². The summed E-state index contributed by atoms with van der Waals surface area (Å²) in [5.41, 5.74) is 5.25. The van der Waals surface area contributed by atoms with Crippen molar-refractivity contribution in [2.24, 2.45) is 5.73 Å². The van der Waals surface area contributed by atoms with Gasteiger partial charge in [0.15, 0.2) is 5.40 Å². The van der Waals surface area contributed by atoms with Crippen molar-refractivity contribution in [2.75, 3.05) is 52.7 Å². The number of carbonyl (C=O) groups excluding carboxylic acids is 1. The standard InChI is InChI=1S/C12H28N2O10P2/c13-3-5-22-7-9-24-10-8-23-6-4-14-11(15)1-2-12(25(16,17)18)26(19,20)21/h12H,1-10,13H2,(H,14,15)(H2,16,17,18)(H2,19,20,21). The zero-order valence-corrected chi connectivity index (χ0v) is 16.1. The molecule has 0 heterocycles. The Morgan fingerprint density at radius 1 is 0.885 bits per heavy atom. The van der Waals surface area contributed by atoms with Crippen LogP contribution in [0.1, 0.15) is 12.8 Å². The average Bonchev–Trinajstić information content (AvgIpc) is 2.50. The summed E-state index contributed by atoms with van der Waals surface area (Å²) in [5.74, 6) is -0.589. The summed E-state index contributed by atoms with van der Waals surface area (Å²) < 4.78 is 37.7. The Labute approximate surface area is 151 Å². The monoisotopic (exact) mass is 422 g/mol. The minimum atomic E-state index is -5.01. The van der Waals surface area contributed by atoms with Gasteiger partial charge in [-0.1, -0.05) is 0 Å². The van der Waals surface area contributed by atoms with E-state index in [0.29, 0.717) is 39.6 Å². The van der Waals surface area contributed by atoms with Crippen molar-refractivity contribution in [3.63, 3.8) is 0 Å². The predicted molar refractivity (Wildman–Crippen MR) is 91.6 cm³/mol. The van der Waals surface area contributed by atoms with Crippen molar-refractivity contribution in [3.05, 3.63) is 0 Å². The first kappa shape index (κ1) is 25.6. The molecule has 0 unspecified atom stereocenters. The maximum Gasteiger partial charge on any atom is 0.340 e. The Hall–Kier alpha value is -0.390. The second-order valence-corrected chi connectivity index (χ2v) is 9.18. The van der Waals surface area contributed by atoms with Crippen molar-refractivity contribution in [1.82, 2.24) is 5.32 Å². The summed E-state index contributed by atoms with van der Waals surface area (Å²) in [6.07, 6.45) is -1.05. The summed E-state index contributed by atoms with van der Waals surface area (Å²) >= 11 is 0. The normalized spacial score (nSPS) is 12.5. The van der Waals surface area contributed by atoms with Crippen LogP contribution in [0.25, 0.3) is 0 Å². The Balaban J connectivity index is 3.72. The first-order valence-electron chi connectivity index (χ1n) is 7.89. The molecule has 156 valence electrons. The molecule has 14 heteroatoms. The van der Waals surface area contributed by atoms with Crippen LogP contribution < -0.4 is 11.1 Å². The van der Waals surface area contributed by atoms with Crippen molar-refractivity contribution in [3.8, 4) is 0 Å². The van der Waals surface area contributed by atoms with Crippen LogP contribution in [-0.2, 0) is 28.1 Å². The third-order valence-electron chi connectivity index (χ3n) is 2.98. The van der Waals surface area contributed by atoms with E-state index in [4.69, 9.17) is 39.5 Å². The number of amides is 1. The molecule has 0 aliphatic carbocycles. The van der Waals surface area contributed by atoms with Gasteiger partial charge in [-0.3, -0.25) is 13.9 Å². The van der Waals surface area contributed by atoms with Crippen LogP contribution in [0.5, 0.6) is 0 Å². The molecule has 0 rings (SSSR count). The van der Waals surface area contributed by atoms with Crippen LogP contribution in [-0.4, -0.2) is 83.6 Å². The molecule has 7 N–H and O–H groups in total. The first-order chi connectivity index (χ1) is 12.1. The Morgan fingerprint density at radius 3 is 1.81 bits per heavy atom. The highest BCUT2D eigenvalue weighted by Crippen LogP contribution is 2.61. The lowest BCUT2D eigenvalue weighted by Crippen LogP contribution is -2.28. The van der Waals surface area contributed by atoms with Crippen molar-refractivity contribution in [2.45, 2.75) is 18.2 Å². The summed E-state index contributed by atoms with van der Waals surface area (Å²) in [4.78, 5) is 47.3. The topological polar surface area (TPSA) is 198 Å². The highest BCUT2D eigenvalue weighted by atomic mass is 31.2. The van der Waals surface area contributed by atoms with E-state index in [2.05, 4.69) is 5.32 Å². The molecule has 0 fully saturated rings. The molecule has 0 aliphatic heterocycles. The van der Waals surface area contributed by atoms with Crippen LogP contribution in [0.3, 0.4) is 0 Å². The lowest BCUT2D eigenvalue weighted by Gasteiger charge is -2.19. The van der Waals surface area contributed by atoms with E-state index in [1.54, 1.807) is 0 Å². The molecule has 0 atom stereocenters. The largest absolute Gasteiger partial charge is 0.378 e. The van der Waals surface area contributed by atoms with Gasteiger partial charge in [0.25, 0.3) is 0 Å². The van der Waals surface area contributed by atoms with Crippen LogP contribution in [0.2, 0.25) is 0 Å². The third-order valence-corrected chi connectivity index (χ3v) is 6.86. The summed E-state index contributed by atoms with van der Waals surface area (Å²) in [5, 5.41) is 0.246. The molecule has 0 aromatic heterocycles. The molecule has 0 saturated carbocycles. The van der Waals surface area contributed by atoms with Crippen LogP contribution in [0, 0.1) is 0 Å². The zero-order valence-electron chi connectivity index (χ0n) is 14.4. The van der Waals surface area contributed by atoms with E-state index in [9.17, 15) is 13.9 Å². The molecule has 0 spiro atoms. The van der Waals surface area contributed by atoms with Gasteiger partial charge in [-0.2, -0.15) is 0 Å². The fraction of sp³-hybridized carbons (Fsp3) is 0.917. The summed E-state index contributed by atoms with van der Waals surface area (Å²) in [6.45, 7) is 2.79. The summed E-state index contributed by atoms with van der Waals surface area (Å²) in [7, 11) is -10.0. The number of hydrogen-bond acceptors (Lipinski definition) is 7. The van der Waals surface area contributed by atoms with Gasteiger partial charge in [-0.05, 0) is 6.42 Å². The lowest BCUT2D eigenvalue weighted by molar-refractivity contribution is -0.121. The van der Waals surface area contributed by atoms with Crippen LogP contribution in [0.4, 0.5) is 0 Å². The van der Waals surface area contributed by atoms with E-state index in [-0.39, 0.29) is 13.2 Å². The quantitative estimate of drug-likeness (QED) is 0.126. The van der Waals surface area contributed by atoms with E-state index < -0.39 is 39.3 Å². The fourth-order valence-corrected chi connectivity index (χ4v) is 4.27. The van der Waals surface area contributed by atoms with Gasteiger partial charge in [-0.25, -0.2) is 0 Å². The van der Waals surface area contributed by atoms with Gasteiger partial charge in [0, 0.05) is 19.5 Å². The SMILES string of the molecule is NCCOCCOCCOCCNC(=O)CCC(P(=O)(O)O)P(=O)(O)O. The van der Waals surface area contributed by atoms with Gasteiger partial charge >= 0.3 is 15.2 Å². The molecule has 0 saturated heterocycles. The third kappa shape index (κ3) is 13.8. The van der Waals surface area contributed by atoms with Crippen LogP contribution >= 0.6 is 15.2 Å². The van der Waals surface area contributed by atoms with E-state index in [1.807, 2.05) is 0 Å². The molecule has 12 nitrogen and oxygen atoms in total. The second kappa shape index (κ2) is 13.7. The number of nitrogens with two attached hydrogens (primary N) is 1. The number of carbonyl (C=O) groups is 1. The molecule has 1 amide bonds. The highest BCUT2D eigenvalue weighted by molar-refractivity contribution is 7.70. The minimum Gasteiger partial charge on any atom is -0.378 e. The molecule has 26 heavy (non-hydrogen) atoms. The number of rotatable bonds is 16. The first-order valence-corrected chi connectivity index (χ1v) is 11.3. The molecule has 0 aromatic carbocycles. The van der Waals surface area contributed by atoms with Crippen LogP contribution in [0.15, 0.2) is 0 Å². The molecular weight excluding hydrogens is 394 g/mol. The van der Waals surface area contributed by atoms with Crippen molar-refractivity contribution < 1.29 is 47.7 Å². The smallest absolute Gasteiger partial charge is 0.340 e. The molecule has 0 aliphatic rings. The number of hydrogen-bond donors (Lipinski definition) is 6. The lowest BCUT2D eigenvalue weighted by atomic mass is 10.3. The average molecular weight is 422 g/mol. The Morgan fingerprint density at radius 2 is 1.35 bits per heavy atom. The fourth-order valence-electron chi connectivity index (χ4n) is 1.77. The van der Waals surface area contributed by atoms with Gasteiger partial charge < -0.3 is 44.8 Å². The van der Waals surface area contributed by atoms with Gasteiger partial charge in [0.1, 0.15) is 0 Å². The van der Waals surface area contributed by atoms with Crippen molar-refractivity contribution in [1.29, 1.82) is 0 Å².